The lowest BCUT2D eigenvalue weighted by molar-refractivity contribution is 0.0519. The van der Waals surface area contributed by atoms with Gasteiger partial charge in [0.1, 0.15) is 11.6 Å². The van der Waals surface area contributed by atoms with E-state index < -0.39 is 27.6 Å². The summed E-state index contributed by atoms with van der Waals surface area (Å²) in [6, 6.07) is 9.45. The Labute approximate surface area is 184 Å². The minimum Gasteiger partial charge on any atom is -0.461 e. The highest BCUT2D eigenvalue weighted by Crippen LogP contribution is 2.34. The molecule has 0 saturated heterocycles. The molecule has 1 heterocycles. The highest BCUT2D eigenvalue weighted by molar-refractivity contribution is 7.89. The van der Waals surface area contributed by atoms with Crippen LogP contribution in [0.2, 0.25) is 0 Å². The van der Waals surface area contributed by atoms with Gasteiger partial charge in [0.05, 0.1) is 17.2 Å². The van der Waals surface area contributed by atoms with Gasteiger partial charge < -0.3 is 4.74 Å². The van der Waals surface area contributed by atoms with Crippen LogP contribution in [0.25, 0.3) is 11.6 Å². The van der Waals surface area contributed by atoms with Crippen molar-refractivity contribution in [2.24, 2.45) is 0 Å². The summed E-state index contributed by atoms with van der Waals surface area (Å²) in [7, 11) is -4.07. The predicted molar refractivity (Wildman–Crippen MR) is 114 cm³/mol. The molecule has 166 valence electrons. The number of aromatic nitrogens is 2. The van der Waals surface area contributed by atoms with Crippen LogP contribution in [-0.4, -0.2) is 30.2 Å². The number of benzene rings is 2. The number of esters is 1. The highest BCUT2D eigenvalue weighted by atomic mass is 32.2. The minimum absolute atomic E-state index is 0.0331. The molecule has 4 rings (SSSR count). The first-order chi connectivity index (χ1) is 15.2. The summed E-state index contributed by atoms with van der Waals surface area (Å²) in [6.45, 7) is 3.55. The molecule has 0 aliphatic heterocycles. The summed E-state index contributed by atoms with van der Waals surface area (Å²) < 4.78 is 59.9. The van der Waals surface area contributed by atoms with Gasteiger partial charge in [0.2, 0.25) is 0 Å². The van der Waals surface area contributed by atoms with Gasteiger partial charge in [0.25, 0.3) is 10.0 Å². The van der Waals surface area contributed by atoms with Crippen molar-refractivity contribution >= 4 is 27.6 Å². The highest BCUT2D eigenvalue weighted by Gasteiger charge is 2.31. The number of ether oxygens (including phenoxy) is 1. The second-order valence-electron chi connectivity index (χ2n) is 7.42. The first kappa shape index (κ1) is 21.9. The van der Waals surface area contributed by atoms with Crippen LogP contribution in [0.1, 0.15) is 46.2 Å². The fraction of sp³-hybridized carbons (Fsp3) is 0.217. The molecule has 6 nitrogen and oxygen atoms in total. The molecular weight excluding hydrogens is 438 g/mol. The van der Waals surface area contributed by atoms with E-state index in [1.54, 1.807) is 25.1 Å². The summed E-state index contributed by atoms with van der Waals surface area (Å²) in [5.41, 5.74) is 2.20. The van der Waals surface area contributed by atoms with E-state index in [4.69, 9.17) is 4.74 Å². The third-order valence-electron chi connectivity index (χ3n) is 5.19. The van der Waals surface area contributed by atoms with Gasteiger partial charge in [-0.05, 0) is 68.2 Å². The third kappa shape index (κ3) is 3.95. The summed E-state index contributed by atoms with van der Waals surface area (Å²) in [6.07, 6.45) is 2.07. The minimum atomic E-state index is -4.07. The maximum absolute atomic E-state index is 13.7. The van der Waals surface area contributed by atoms with E-state index in [9.17, 15) is 22.0 Å². The van der Waals surface area contributed by atoms with Gasteiger partial charge >= 0.3 is 5.97 Å². The molecule has 2 aromatic carbocycles. The summed E-state index contributed by atoms with van der Waals surface area (Å²) >= 11 is 0. The van der Waals surface area contributed by atoms with Crippen molar-refractivity contribution in [3.63, 3.8) is 0 Å². The molecule has 1 aliphatic carbocycles. The van der Waals surface area contributed by atoms with E-state index in [0.717, 1.165) is 15.7 Å². The molecule has 0 fully saturated rings. The van der Waals surface area contributed by atoms with Crippen LogP contribution in [0.15, 0.2) is 47.4 Å². The number of halogens is 2. The van der Waals surface area contributed by atoms with Gasteiger partial charge in [0.15, 0.2) is 5.69 Å². The Balaban J connectivity index is 1.89. The van der Waals surface area contributed by atoms with Crippen LogP contribution in [-0.2, 0) is 21.2 Å². The average Bonchev–Trinajstić information content (AvgIpc) is 3.13. The van der Waals surface area contributed by atoms with Gasteiger partial charge in [-0.15, -0.1) is 5.10 Å². The number of carbonyl (C=O) groups is 1. The normalized spacial score (nSPS) is 13.4. The van der Waals surface area contributed by atoms with Crippen LogP contribution < -0.4 is 0 Å². The molecule has 3 aromatic rings. The Kier molecular flexibility index (Phi) is 5.68. The number of carbonyl (C=O) groups excluding carboxylic acids is 1. The van der Waals surface area contributed by atoms with Gasteiger partial charge in [-0.2, -0.15) is 12.5 Å². The first-order valence-corrected chi connectivity index (χ1v) is 11.4. The maximum Gasteiger partial charge on any atom is 0.359 e. The SMILES string of the molecule is CCOC(=O)c1nn(S(=O)(=O)c2ccc(C)cc2)c2c1C=C(c1cc(F)cc(F)c1)CC2. The monoisotopic (exact) mass is 458 g/mol. The molecule has 0 unspecified atom stereocenters. The lowest BCUT2D eigenvalue weighted by Crippen LogP contribution is -2.18. The summed E-state index contributed by atoms with van der Waals surface area (Å²) in [4.78, 5) is 12.6. The zero-order valence-electron chi connectivity index (χ0n) is 17.4. The van der Waals surface area contributed by atoms with Crippen LogP contribution in [0.3, 0.4) is 0 Å². The van der Waals surface area contributed by atoms with Crippen molar-refractivity contribution in [1.82, 2.24) is 9.19 Å². The molecule has 32 heavy (non-hydrogen) atoms. The second-order valence-corrected chi connectivity index (χ2v) is 9.19. The van der Waals surface area contributed by atoms with Crippen LogP contribution in [0, 0.1) is 18.6 Å². The lowest BCUT2D eigenvalue weighted by Gasteiger charge is -2.16. The fourth-order valence-corrected chi connectivity index (χ4v) is 5.00. The number of allylic oxidation sites excluding steroid dienone is 1. The van der Waals surface area contributed by atoms with E-state index in [-0.39, 0.29) is 29.2 Å². The Hall–Kier alpha value is -3.33. The molecule has 0 amide bonds. The molecule has 1 aromatic heterocycles. The van der Waals surface area contributed by atoms with E-state index in [1.165, 1.54) is 24.3 Å². The largest absolute Gasteiger partial charge is 0.461 e. The molecular formula is C23H20F2N2O4S. The van der Waals surface area contributed by atoms with Crippen LogP contribution in [0.5, 0.6) is 0 Å². The van der Waals surface area contributed by atoms with Crippen molar-refractivity contribution in [2.45, 2.75) is 31.6 Å². The zero-order valence-corrected chi connectivity index (χ0v) is 18.2. The lowest BCUT2D eigenvalue weighted by atomic mass is 9.91. The molecule has 0 bridgehead atoms. The average molecular weight is 458 g/mol. The summed E-state index contributed by atoms with van der Waals surface area (Å²) in [5, 5.41) is 4.11. The van der Waals surface area contributed by atoms with E-state index >= 15 is 0 Å². The Morgan fingerprint density at radius 2 is 1.75 bits per heavy atom. The van der Waals surface area contributed by atoms with Crippen molar-refractivity contribution in [2.75, 3.05) is 6.61 Å². The smallest absolute Gasteiger partial charge is 0.359 e. The van der Waals surface area contributed by atoms with E-state index in [0.29, 0.717) is 23.3 Å². The number of hydrogen-bond acceptors (Lipinski definition) is 5. The number of aryl methyl sites for hydroxylation is 1. The third-order valence-corrected chi connectivity index (χ3v) is 6.81. The molecule has 0 atom stereocenters. The fourth-order valence-electron chi connectivity index (χ4n) is 3.65. The van der Waals surface area contributed by atoms with Gasteiger partial charge in [-0.3, -0.25) is 0 Å². The number of nitrogens with zero attached hydrogens (tertiary/aromatic N) is 2. The van der Waals surface area contributed by atoms with Gasteiger partial charge in [-0.25, -0.2) is 13.6 Å². The topological polar surface area (TPSA) is 78.3 Å². The van der Waals surface area contributed by atoms with Crippen molar-refractivity contribution in [1.29, 1.82) is 0 Å². The molecule has 9 heteroatoms. The van der Waals surface area contributed by atoms with Crippen molar-refractivity contribution < 1.29 is 26.7 Å². The maximum atomic E-state index is 13.7. The number of fused-ring (bicyclic) bond motifs is 1. The second kappa shape index (κ2) is 8.31. The van der Waals surface area contributed by atoms with E-state index in [2.05, 4.69) is 5.10 Å². The first-order valence-electron chi connectivity index (χ1n) is 9.99. The predicted octanol–water partition coefficient (Wildman–Crippen LogP) is 4.37. The van der Waals surface area contributed by atoms with Crippen LogP contribution >= 0.6 is 0 Å². The Morgan fingerprint density at radius 3 is 2.38 bits per heavy atom. The molecule has 0 radical (unpaired) electrons. The number of hydrogen-bond donors (Lipinski definition) is 0. The van der Waals surface area contributed by atoms with Crippen molar-refractivity contribution in [3.05, 3.63) is 82.2 Å². The standard InChI is InChI=1S/C23H20F2N2O4S/c1-3-31-23(28)22-20-12-15(16-10-17(24)13-18(25)11-16)6-9-21(20)27(26-22)32(29,30)19-7-4-14(2)5-8-19/h4-5,7-8,10-13H,3,6,9H2,1-2H3. The zero-order chi connectivity index (χ0) is 23.0. The summed E-state index contributed by atoms with van der Waals surface area (Å²) in [5.74, 6) is -2.23. The molecule has 0 spiro atoms. The van der Waals surface area contributed by atoms with Crippen molar-refractivity contribution in [3.8, 4) is 0 Å². The Morgan fingerprint density at radius 1 is 1.09 bits per heavy atom. The van der Waals surface area contributed by atoms with Gasteiger partial charge in [0, 0.05) is 11.6 Å². The quantitative estimate of drug-likeness (QED) is 0.531. The van der Waals surface area contributed by atoms with E-state index in [1.807, 2.05) is 6.92 Å². The molecule has 1 aliphatic rings. The van der Waals surface area contributed by atoms with Gasteiger partial charge in [-0.1, -0.05) is 17.7 Å². The molecule has 0 N–H and O–H groups in total. The Bertz CT molecular complexity index is 1320. The molecule has 0 saturated carbocycles. The van der Waals surface area contributed by atoms with Crippen LogP contribution in [0.4, 0.5) is 8.78 Å². The number of rotatable bonds is 5.